The van der Waals surface area contributed by atoms with Gasteiger partial charge in [-0.15, -0.1) is 0 Å². The highest BCUT2D eigenvalue weighted by atomic mass is 19.1. The van der Waals surface area contributed by atoms with Crippen molar-refractivity contribution in [2.45, 2.75) is 19.8 Å². The smallest absolute Gasteiger partial charge is 0.260 e. The number of amides is 1. The van der Waals surface area contributed by atoms with Crippen LogP contribution in [0.3, 0.4) is 0 Å². The van der Waals surface area contributed by atoms with E-state index in [4.69, 9.17) is 4.74 Å². The maximum atomic E-state index is 13.2. The molecule has 4 heteroatoms. The van der Waals surface area contributed by atoms with E-state index in [2.05, 4.69) is 6.92 Å². The van der Waals surface area contributed by atoms with Gasteiger partial charge in [-0.25, -0.2) is 4.39 Å². The largest absolute Gasteiger partial charge is 0.481 e. The van der Waals surface area contributed by atoms with Crippen LogP contribution in [0.25, 0.3) is 0 Å². The molecule has 0 radical (unpaired) electrons. The lowest BCUT2D eigenvalue weighted by Gasteiger charge is -2.17. The second-order valence-corrected chi connectivity index (χ2v) is 3.89. The van der Waals surface area contributed by atoms with Gasteiger partial charge in [0.1, 0.15) is 0 Å². The summed E-state index contributed by atoms with van der Waals surface area (Å²) in [6.45, 7) is 2.64. The highest BCUT2D eigenvalue weighted by Gasteiger charge is 2.10. The van der Waals surface area contributed by atoms with E-state index in [0.29, 0.717) is 6.54 Å². The lowest BCUT2D eigenvalue weighted by molar-refractivity contribution is -0.132. The summed E-state index contributed by atoms with van der Waals surface area (Å²) in [6.07, 6.45) is 1.99. The van der Waals surface area contributed by atoms with Crippen molar-refractivity contribution in [3.05, 3.63) is 30.1 Å². The Labute approximate surface area is 101 Å². The molecule has 0 unspecified atom stereocenters. The van der Waals surface area contributed by atoms with Gasteiger partial charge >= 0.3 is 0 Å². The number of benzene rings is 1. The molecule has 0 aliphatic heterocycles. The van der Waals surface area contributed by atoms with E-state index in [1.54, 1.807) is 24.1 Å². The fourth-order valence-corrected chi connectivity index (χ4v) is 1.33. The van der Waals surface area contributed by atoms with Crippen LogP contribution in [0.1, 0.15) is 19.8 Å². The van der Waals surface area contributed by atoms with Crippen molar-refractivity contribution in [1.82, 2.24) is 4.90 Å². The molecule has 0 N–H and O–H groups in total. The van der Waals surface area contributed by atoms with E-state index in [0.717, 1.165) is 12.8 Å². The van der Waals surface area contributed by atoms with Gasteiger partial charge in [-0.05, 0) is 18.6 Å². The van der Waals surface area contributed by atoms with Gasteiger partial charge in [0.05, 0.1) is 0 Å². The van der Waals surface area contributed by atoms with Crippen LogP contribution in [0.4, 0.5) is 4.39 Å². The van der Waals surface area contributed by atoms with Gasteiger partial charge in [-0.2, -0.15) is 0 Å². The van der Waals surface area contributed by atoms with Crippen LogP contribution in [-0.4, -0.2) is 31.0 Å². The minimum Gasteiger partial charge on any atom is -0.481 e. The van der Waals surface area contributed by atoms with Crippen LogP contribution in [-0.2, 0) is 4.79 Å². The van der Waals surface area contributed by atoms with E-state index in [9.17, 15) is 9.18 Å². The number of carbonyl (C=O) groups excluding carboxylic acids is 1. The summed E-state index contributed by atoms with van der Waals surface area (Å²) in [5.74, 6) is -0.469. The summed E-state index contributed by atoms with van der Waals surface area (Å²) in [7, 11) is 1.72. The number of hydrogen-bond acceptors (Lipinski definition) is 2. The third-order valence-electron chi connectivity index (χ3n) is 2.46. The van der Waals surface area contributed by atoms with E-state index in [1.165, 1.54) is 12.1 Å². The standard InChI is InChI=1S/C13H18FNO2/c1-3-4-9-15(2)13(16)10-17-12-8-6-5-7-11(12)14/h5-8H,3-4,9-10H2,1-2H3. The molecule has 94 valence electrons. The molecule has 0 aliphatic rings. The van der Waals surface area contributed by atoms with E-state index >= 15 is 0 Å². The van der Waals surface area contributed by atoms with Crippen molar-refractivity contribution in [2.24, 2.45) is 0 Å². The zero-order valence-electron chi connectivity index (χ0n) is 10.3. The molecule has 0 spiro atoms. The van der Waals surface area contributed by atoms with Gasteiger partial charge < -0.3 is 9.64 Å². The molecule has 0 saturated carbocycles. The SMILES string of the molecule is CCCCN(C)C(=O)COc1ccccc1F. The van der Waals surface area contributed by atoms with Gasteiger partial charge in [0.25, 0.3) is 5.91 Å². The van der Waals surface area contributed by atoms with Crippen molar-refractivity contribution >= 4 is 5.91 Å². The first kappa shape index (κ1) is 13.5. The maximum Gasteiger partial charge on any atom is 0.260 e. The van der Waals surface area contributed by atoms with Crippen molar-refractivity contribution < 1.29 is 13.9 Å². The first-order valence-corrected chi connectivity index (χ1v) is 5.76. The molecule has 0 aliphatic carbocycles. The minimum absolute atomic E-state index is 0.116. The monoisotopic (exact) mass is 239 g/mol. The highest BCUT2D eigenvalue weighted by molar-refractivity contribution is 5.77. The van der Waals surface area contributed by atoms with Gasteiger partial charge in [-0.1, -0.05) is 25.5 Å². The van der Waals surface area contributed by atoms with Crippen molar-refractivity contribution in [3.8, 4) is 5.75 Å². The lowest BCUT2D eigenvalue weighted by atomic mass is 10.3. The average molecular weight is 239 g/mol. The molecule has 0 bridgehead atoms. The summed E-state index contributed by atoms with van der Waals surface area (Å²) in [5.41, 5.74) is 0. The van der Waals surface area contributed by atoms with Crippen LogP contribution in [0, 0.1) is 5.82 Å². The van der Waals surface area contributed by atoms with Crippen LogP contribution in [0.2, 0.25) is 0 Å². The first-order chi connectivity index (χ1) is 8.15. The number of nitrogens with zero attached hydrogens (tertiary/aromatic N) is 1. The number of hydrogen-bond donors (Lipinski definition) is 0. The third-order valence-corrected chi connectivity index (χ3v) is 2.46. The van der Waals surface area contributed by atoms with Crippen LogP contribution in [0.15, 0.2) is 24.3 Å². The lowest BCUT2D eigenvalue weighted by Crippen LogP contribution is -2.32. The van der Waals surface area contributed by atoms with Gasteiger partial charge in [0.15, 0.2) is 18.2 Å². The Kier molecular flexibility index (Phi) is 5.46. The molecular formula is C13H18FNO2. The van der Waals surface area contributed by atoms with Crippen LogP contribution >= 0.6 is 0 Å². The maximum absolute atomic E-state index is 13.2. The summed E-state index contributed by atoms with van der Waals surface area (Å²) >= 11 is 0. The predicted molar refractivity (Wildman–Crippen MR) is 64.4 cm³/mol. The molecule has 1 aromatic rings. The van der Waals surface area contributed by atoms with E-state index in [-0.39, 0.29) is 18.3 Å². The predicted octanol–water partition coefficient (Wildman–Crippen LogP) is 2.46. The Balaban J connectivity index is 2.40. The fourth-order valence-electron chi connectivity index (χ4n) is 1.33. The molecule has 0 atom stereocenters. The molecule has 1 aromatic carbocycles. The second kappa shape index (κ2) is 6.89. The molecule has 0 fully saturated rings. The summed E-state index contributed by atoms with van der Waals surface area (Å²) in [6, 6.07) is 6.07. The topological polar surface area (TPSA) is 29.5 Å². The van der Waals surface area contributed by atoms with Crippen LogP contribution in [0.5, 0.6) is 5.75 Å². The molecule has 0 saturated heterocycles. The highest BCUT2D eigenvalue weighted by Crippen LogP contribution is 2.15. The minimum atomic E-state index is -0.448. The van der Waals surface area contributed by atoms with Crippen molar-refractivity contribution in [3.63, 3.8) is 0 Å². The number of likely N-dealkylation sites (N-methyl/N-ethyl adjacent to an activating group) is 1. The number of halogens is 1. The number of unbranched alkanes of at least 4 members (excludes halogenated alkanes) is 1. The molecular weight excluding hydrogens is 221 g/mol. The molecule has 0 heterocycles. The number of rotatable bonds is 6. The van der Waals surface area contributed by atoms with E-state index in [1.807, 2.05) is 0 Å². The van der Waals surface area contributed by atoms with Crippen molar-refractivity contribution in [2.75, 3.05) is 20.2 Å². The third kappa shape index (κ3) is 4.43. The molecule has 1 rings (SSSR count). The normalized spacial score (nSPS) is 10.1. The Morgan fingerprint density at radius 1 is 1.41 bits per heavy atom. The Hall–Kier alpha value is -1.58. The van der Waals surface area contributed by atoms with Gasteiger partial charge in [0.2, 0.25) is 0 Å². The summed E-state index contributed by atoms with van der Waals surface area (Å²) in [4.78, 5) is 13.2. The van der Waals surface area contributed by atoms with E-state index < -0.39 is 5.82 Å². The Bertz CT molecular complexity index is 368. The second-order valence-electron chi connectivity index (χ2n) is 3.89. The molecule has 0 aromatic heterocycles. The quantitative estimate of drug-likeness (QED) is 0.763. The molecule has 3 nitrogen and oxygen atoms in total. The number of carbonyl (C=O) groups is 1. The van der Waals surface area contributed by atoms with Crippen LogP contribution < -0.4 is 4.74 Å². The zero-order valence-corrected chi connectivity index (χ0v) is 10.3. The zero-order chi connectivity index (χ0) is 12.7. The average Bonchev–Trinajstić information content (AvgIpc) is 2.34. The Morgan fingerprint density at radius 2 is 2.12 bits per heavy atom. The first-order valence-electron chi connectivity index (χ1n) is 5.76. The molecule has 17 heavy (non-hydrogen) atoms. The van der Waals surface area contributed by atoms with Gasteiger partial charge in [-0.3, -0.25) is 4.79 Å². The summed E-state index contributed by atoms with van der Waals surface area (Å²) < 4.78 is 18.3. The van der Waals surface area contributed by atoms with Crippen molar-refractivity contribution in [1.29, 1.82) is 0 Å². The van der Waals surface area contributed by atoms with Gasteiger partial charge in [0, 0.05) is 13.6 Å². The number of ether oxygens (including phenoxy) is 1. The Morgan fingerprint density at radius 3 is 2.76 bits per heavy atom. The number of para-hydroxylation sites is 1. The summed E-state index contributed by atoms with van der Waals surface area (Å²) in [5, 5.41) is 0. The molecule has 1 amide bonds. The fraction of sp³-hybridized carbons (Fsp3) is 0.462.